The Morgan fingerprint density at radius 2 is 1.50 bits per heavy atom. The lowest BCUT2D eigenvalue weighted by Gasteiger charge is -1.98. The second-order valence-corrected chi connectivity index (χ2v) is 2.70. The molecule has 2 N–H and O–H groups in total. The zero-order chi connectivity index (χ0) is 12.8. The van der Waals surface area contributed by atoms with Crippen molar-refractivity contribution < 1.29 is 29.3 Å². The summed E-state index contributed by atoms with van der Waals surface area (Å²) in [6.07, 6.45) is 1.87. The van der Waals surface area contributed by atoms with E-state index in [4.69, 9.17) is 10.2 Å². The standard InChI is InChI=1S/C6H12O3.C4H8O3/c1-2-3-4-9-6(8)5-7;1-2-7-4(6)3-5/h7H,2-5H2,1H3;5H,2-3H2,1H3. The number of carbonyl (C=O) groups is 2. The van der Waals surface area contributed by atoms with Gasteiger partial charge in [0.15, 0.2) is 0 Å². The predicted octanol–water partition coefficient (Wildman–Crippen LogP) is -0.136. The van der Waals surface area contributed by atoms with Crippen LogP contribution in [0.4, 0.5) is 0 Å². The van der Waals surface area contributed by atoms with Gasteiger partial charge in [0.05, 0.1) is 13.2 Å². The van der Waals surface area contributed by atoms with Crippen LogP contribution < -0.4 is 0 Å². The zero-order valence-electron chi connectivity index (χ0n) is 9.77. The fourth-order valence-corrected chi connectivity index (χ4v) is 0.583. The number of hydrogen-bond acceptors (Lipinski definition) is 6. The molecule has 0 aromatic rings. The van der Waals surface area contributed by atoms with Crippen molar-refractivity contribution in [2.75, 3.05) is 26.4 Å². The third kappa shape index (κ3) is 15.3. The lowest BCUT2D eigenvalue weighted by atomic mass is 10.4. The second kappa shape index (κ2) is 13.9. The van der Waals surface area contributed by atoms with Gasteiger partial charge in [0.1, 0.15) is 13.2 Å². The van der Waals surface area contributed by atoms with Crippen molar-refractivity contribution in [2.45, 2.75) is 26.7 Å². The Bertz CT molecular complexity index is 180. The Kier molecular flexibility index (Phi) is 15.0. The molecule has 0 aliphatic carbocycles. The lowest BCUT2D eigenvalue weighted by Crippen LogP contribution is -2.09. The maximum absolute atomic E-state index is 10.2. The number of esters is 2. The minimum absolute atomic E-state index is 0.333. The molecule has 0 unspecified atom stereocenters. The summed E-state index contributed by atoms with van der Waals surface area (Å²) in [7, 11) is 0. The van der Waals surface area contributed by atoms with Crippen LogP contribution in [0.1, 0.15) is 26.7 Å². The molecule has 0 saturated heterocycles. The van der Waals surface area contributed by atoms with E-state index in [1.165, 1.54) is 0 Å². The Hall–Kier alpha value is -1.14. The van der Waals surface area contributed by atoms with Crippen molar-refractivity contribution in [3.63, 3.8) is 0 Å². The van der Waals surface area contributed by atoms with Crippen molar-refractivity contribution in [2.24, 2.45) is 0 Å². The molecule has 0 amide bonds. The monoisotopic (exact) mass is 236 g/mol. The van der Waals surface area contributed by atoms with Crippen molar-refractivity contribution >= 4 is 11.9 Å². The first-order chi connectivity index (χ1) is 7.62. The van der Waals surface area contributed by atoms with Crippen LogP contribution in [0.2, 0.25) is 0 Å². The number of unbranched alkanes of at least 4 members (excludes halogenated alkanes) is 1. The molecule has 0 rings (SSSR count). The van der Waals surface area contributed by atoms with Gasteiger partial charge in [0.2, 0.25) is 0 Å². The Balaban J connectivity index is 0. The van der Waals surface area contributed by atoms with Gasteiger partial charge in [-0.25, -0.2) is 9.59 Å². The van der Waals surface area contributed by atoms with E-state index < -0.39 is 25.2 Å². The van der Waals surface area contributed by atoms with Gasteiger partial charge in [-0.15, -0.1) is 0 Å². The van der Waals surface area contributed by atoms with Crippen LogP contribution in [-0.2, 0) is 19.1 Å². The van der Waals surface area contributed by atoms with Gasteiger partial charge in [0.25, 0.3) is 0 Å². The molecule has 96 valence electrons. The van der Waals surface area contributed by atoms with Gasteiger partial charge < -0.3 is 19.7 Å². The van der Waals surface area contributed by atoms with Crippen molar-refractivity contribution in [3.8, 4) is 0 Å². The first-order valence-electron chi connectivity index (χ1n) is 5.15. The molecule has 0 aromatic carbocycles. The minimum Gasteiger partial charge on any atom is -0.464 e. The molecule has 0 fully saturated rings. The summed E-state index contributed by atoms with van der Waals surface area (Å²) >= 11 is 0. The van der Waals surface area contributed by atoms with Gasteiger partial charge in [-0.1, -0.05) is 13.3 Å². The van der Waals surface area contributed by atoms with E-state index in [-0.39, 0.29) is 0 Å². The molecule has 0 heterocycles. The van der Waals surface area contributed by atoms with E-state index >= 15 is 0 Å². The molecule has 0 aromatic heterocycles. The maximum atomic E-state index is 10.2. The third-order valence-corrected chi connectivity index (χ3v) is 1.32. The third-order valence-electron chi connectivity index (χ3n) is 1.32. The molecule has 0 radical (unpaired) electrons. The van der Waals surface area contributed by atoms with E-state index in [2.05, 4.69) is 9.47 Å². The number of rotatable bonds is 6. The average Bonchev–Trinajstić information content (AvgIpc) is 2.30. The normalized spacial score (nSPS) is 8.75. The number of aliphatic hydroxyl groups is 2. The van der Waals surface area contributed by atoms with E-state index in [0.717, 1.165) is 12.8 Å². The van der Waals surface area contributed by atoms with E-state index in [0.29, 0.717) is 13.2 Å². The molecule has 0 aliphatic rings. The number of aliphatic hydroxyl groups excluding tert-OH is 2. The Labute approximate surface area is 95.2 Å². The first-order valence-corrected chi connectivity index (χ1v) is 5.15. The molecule has 0 spiro atoms. The molecule has 0 aliphatic heterocycles. The van der Waals surface area contributed by atoms with Crippen LogP contribution in [0, 0.1) is 0 Å². The fourth-order valence-electron chi connectivity index (χ4n) is 0.583. The quantitative estimate of drug-likeness (QED) is 0.492. The van der Waals surface area contributed by atoms with Crippen LogP contribution in [0.3, 0.4) is 0 Å². The summed E-state index contributed by atoms with van der Waals surface area (Å²) in [5.41, 5.74) is 0. The Morgan fingerprint density at radius 1 is 1.00 bits per heavy atom. The van der Waals surface area contributed by atoms with Crippen LogP contribution in [0.15, 0.2) is 0 Å². The van der Waals surface area contributed by atoms with Gasteiger partial charge in [-0.2, -0.15) is 0 Å². The molecule has 16 heavy (non-hydrogen) atoms. The summed E-state index contributed by atoms with van der Waals surface area (Å²) in [6, 6.07) is 0. The molecule has 6 heteroatoms. The molecule has 0 bridgehead atoms. The highest BCUT2D eigenvalue weighted by Gasteiger charge is 1.96. The Morgan fingerprint density at radius 3 is 1.81 bits per heavy atom. The summed E-state index contributed by atoms with van der Waals surface area (Å²) in [6.45, 7) is 3.42. The molecular weight excluding hydrogens is 216 g/mol. The van der Waals surface area contributed by atoms with Crippen molar-refractivity contribution in [3.05, 3.63) is 0 Å². The first kappa shape index (κ1) is 17.3. The van der Waals surface area contributed by atoms with Crippen molar-refractivity contribution in [1.29, 1.82) is 0 Å². The largest absolute Gasteiger partial charge is 0.464 e. The molecule has 0 atom stereocenters. The van der Waals surface area contributed by atoms with Crippen LogP contribution >= 0.6 is 0 Å². The average molecular weight is 236 g/mol. The maximum Gasteiger partial charge on any atom is 0.331 e. The van der Waals surface area contributed by atoms with Gasteiger partial charge in [0, 0.05) is 0 Å². The SMILES string of the molecule is CCCCOC(=O)CO.CCOC(=O)CO. The topological polar surface area (TPSA) is 93.1 Å². The van der Waals surface area contributed by atoms with E-state index in [9.17, 15) is 9.59 Å². The smallest absolute Gasteiger partial charge is 0.331 e. The molecular formula is C10H20O6. The van der Waals surface area contributed by atoms with E-state index in [1.807, 2.05) is 6.92 Å². The lowest BCUT2D eigenvalue weighted by molar-refractivity contribution is -0.147. The minimum atomic E-state index is -0.567. The number of carbonyl (C=O) groups excluding carboxylic acids is 2. The number of ether oxygens (including phenoxy) is 2. The van der Waals surface area contributed by atoms with Gasteiger partial charge >= 0.3 is 11.9 Å². The number of hydrogen-bond donors (Lipinski definition) is 2. The van der Waals surface area contributed by atoms with Crippen LogP contribution in [0.5, 0.6) is 0 Å². The van der Waals surface area contributed by atoms with Crippen LogP contribution in [0.25, 0.3) is 0 Å². The summed E-state index contributed by atoms with van der Waals surface area (Å²) < 4.78 is 8.84. The highest BCUT2D eigenvalue weighted by atomic mass is 16.5. The highest BCUT2D eigenvalue weighted by molar-refractivity contribution is 5.70. The predicted molar refractivity (Wildman–Crippen MR) is 56.7 cm³/mol. The summed E-state index contributed by atoms with van der Waals surface area (Å²) in [4.78, 5) is 20.2. The fraction of sp³-hybridized carbons (Fsp3) is 0.800. The molecule has 6 nitrogen and oxygen atoms in total. The zero-order valence-corrected chi connectivity index (χ0v) is 9.77. The second-order valence-electron chi connectivity index (χ2n) is 2.70. The van der Waals surface area contributed by atoms with Crippen molar-refractivity contribution in [1.82, 2.24) is 0 Å². The van der Waals surface area contributed by atoms with Gasteiger partial charge in [-0.05, 0) is 13.3 Å². The highest BCUT2D eigenvalue weighted by Crippen LogP contribution is 1.87. The summed E-state index contributed by atoms with van der Waals surface area (Å²) in [5, 5.41) is 16.2. The van der Waals surface area contributed by atoms with Gasteiger partial charge in [-0.3, -0.25) is 0 Å². The van der Waals surface area contributed by atoms with Crippen LogP contribution in [-0.4, -0.2) is 48.6 Å². The van der Waals surface area contributed by atoms with E-state index in [1.54, 1.807) is 6.92 Å². The molecule has 0 saturated carbocycles. The summed E-state index contributed by atoms with van der Waals surface area (Å²) in [5.74, 6) is -1.11.